The lowest BCUT2D eigenvalue weighted by Gasteiger charge is -2.18. The van der Waals surface area contributed by atoms with Gasteiger partial charge in [0.05, 0.1) is 0 Å². The van der Waals surface area contributed by atoms with E-state index in [1.54, 1.807) is 0 Å². The van der Waals surface area contributed by atoms with Crippen molar-refractivity contribution in [3.05, 3.63) is 76.4 Å². The number of ether oxygens (including phenoxy) is 1. The Bertz CT molecular complexity index is 871. The Morgan fingerprint density at radius 3 is 2.73 bits per heavy atom. The number of nitrogens with one attached hydrogen (secondary N) is 1. The molecule has 1 fully saturated rings. The largest absolute Gasteiger partial charge is 0.482 e. The first kappa shape index (κ1) is 16.6. The van der Waals surface area contributed by atoms with Crippen LogP contribution in [0.5, 0.6) is 5.75 Å². The smallest absolute Gasteiger partial charge is 0.287 e. The standard InChI is InChI=1S/C21H21NO4/c23-18-10-19(21(24)22-11-17-9-15-6-7-16(17)8-15)26-13-20(18)25-12-14-4-2-1-3-5-14/h1-7,10,13,15-17H,8-9,11-12H2,(H,22,24)/t15-,16+,17-/m0/s1. The van der Waals surface area contributed by atoms with E-state index in [2.05, 4.69) is 17.5 Å². The molecule has 1 heterocycles. The number of carbonyl (C=O) groups is 1. The van der Waals surface area contributed by atoms with Crippen LogP contribution in [0.3, 0.4) is 0 Å². The van der Waals surface area contributed by atoms with E-state index in [1.165, 1.54) is 18.8 Å². The second kappa shape index (κ2) is 7.20. The van der Waals surface area contributed by atoms with Crippen LogP contribution in [0.15, 0.2) is 64.0 Å². The van der Waals surface area contributed by atoms with E-state index in [0.29, 0.717) is 24.3 Å². The van der Waals surface area contributed by atoms with Gasteiger partial charge >= 0.3 is 0 Å². The summed E-state index contributed by atoms with van der Waals surface area (Å²) in [5.74, 6) is 1.48. The van der Waals surface area contributed by atoms with Crippen LogP contribution in [-0.2, 0) is 6.61 Å². The van der Waals surface area contributed by atoms with Gasteiger partial charge in [-0.3, -0.25) is 9.59 Å². The summed E-state index contributed by atoms with van der Waals surface area (Å²) in [6, 6.07) is 10.7. The van der Waals surface area contributed by atoms with Crippen LogP contribution < -0.4 is 15.5 Å². The average molecular weight is 351 g/mol. The van der Waals surface area contributed by atoms with E-state index in [0.717, 1.165) is 12.0 Å². The Balaban J connectivity index is 1.34. The van der Waals surface area contributed by atoms with Crippen LogP contribution in [0.4, 0.5) is 0 Å². The summed E-state index contributed by atoms with van der Waals surface area (Å²) >= 11 is 0. The predicted octanol–water partition coefficient (Wildman–Crippen LogP) is 3.16. The highest BCUT2D eigenvalue weighted by atomic mass is 16.5. The molecule has 0 saturated heterocycles. The van der Waals surface area contributed by atoms with Crippen LogP contribution in [-0.4, -0.2) is 12.5 Å². The highest BCUT2D eigenvalue weighted by Gasteiger charge is 2.35. The number of amides is 1. The molecule has 134 valence electrons. The van der Waals surface area contributed by atoms with Gasteiger partial charge in [-0.25, -0.2) is 0 Å². The van der Waals surface area contributed by atoms with Gasteiger partial charge in [-0.1, -0.05) is 42.5 Å². The number of rotatable bonds is 6. The fraction of sp³-hybridized carbons (Fsp3) is 0.333. The minimum Gasteiger partial charge on any atom is -0.482 e. The third kappa shape index (κ3) is 3.57. The fourth-order valence-electron chi connectivity index (χ4n) is 3.80. The van der Waals surface area contributed by atoms with Gasteiger partial charge in [0.2, 0.25) is 11.2 Å². The lowest BCUT2D eigenvalue weighted by atomic mass is 9.93. The van der Waals surface area contributed by atoms with E-state index in [9.17, 15) is 9.59 Å². The molecule has 2 aliphatic carbocycles. The Labute approximate surface area is 151 Å². The van der Waals surface area contributed by atoms with Crippen LogP contribution in [0.1, 0.15) is 29.0 Å². The molecule has 1 aromatic carbocycles. The van der Waals surface area contributed by atoms with Crippen molar-refractivity contribution < 1.29 is 13.9 Å². The first-order valence-corrected chi connectivity index (χ1v) is 8.95. The van der Waals surface area contributed by atoms with E-state index < -0.39 is 0 Å². The molecule has 5 heteroatoms. The molecular formula is C21H21NO4. The molecule has 2 aromatic rings. The lowest BCUT2D eigenvalue weighted by molar-refractivity contribution is 0.0913. The fourth-order valence-corrected chi connectivity index (χ4v) is 3.80. The van der Waals surface area contributed by atoms with Gasteiger partial charge in [-0.15, -0.1) is 0 Å². The Morgan fingerprint density at radius 2 is 2.04 bits per heavy atom. The van der Waals surface area contributed by atoms with Crippen molar-refractivity contribution in [3.8, 4) is 5.75 Å². The normalized spacial score (nSPS) is 23.2. The van der Waals surface area contributed by atoms with Gasteiger partial charge in [0.25, 0.3) is 5.91 Å². The van der Waals surface area contributed by atoms with Crippen LogP contribution >= 0.6 is 0 Å². The second-order valence-electron chi connectivity index (χ2n) is 7.00. The summed E-state index contributed by atoms with van der Waals surface area (Å²) in [4.78, 5) is 24.4. The predicted molar refractivity (Wildman–Crippen MR) is 96.9 cm³/mol. The van der Waals surface area contributed by atoms with Gasteiger partial charge in [0, 0.05) is 12.6 Å². The second-order valence-corrected chi connectivity index (χ2v) is 7.00. The average Bonchev–Trinajstić information content (AvgIpc) is 3.29. The summed E-state index contributed by atoms with van der Waals surface area (Å²) in [6.07, 6.45) is 8.06. The molecule has 5 nitrogen and oxygen atoms in total. The molecule has 4 rings (SSSR count). The van der Waals surface area contributed by atoms with E-state index in [1.807, 2.05) is 30.3 Å². The van der Waals surface area contributed by atoms with Crippen LogP contribution in [0.25, 0.3) is 0 Å². The Kier molecular flexibility index (Phi) is 4.61. The van der Waals surface area contributed by atoms with E-state index in [-0.39, 0.29) is 29.5 Å². The zero-order valence-corrected chi connectivity index (χ0v) is 14.4. The number of hydrogen-bond donors (Lipinski definition) is 1. The highest BCUT2D eigenvalue weighted by molar-refractivity contribution is 5.91. The quantitative estimate of drug-likeness (QED) is 0.812. The molecule has 1 N–H and O–H groups in total. The topological polar surface area (TPSA) is 68.5 Å². The van der Waals surface area contributed by atoms with Crippen molar-refractivity contribution in [1.82, 2.24) is 5.32 Å². The molecule has 3 atom stereocenters. The Hall–Kier alpha value is -2.82. The Morgan fingerprint density at radius 1 is 1.19 bits per heavy atom. The van der Waals surface area contributed by atoms with Crippen molar-refractivity contribution >= 4 is 5.91 Å². The number of fused-ring (bicyclic) bond motifs is 2. The van der Waals surface area contributed by atoms with E-state index in [4.69, 9.17) is 9.15 Å². The lowest BCUT2D eigenvalue weighted by Crippen LogP contribution is -2.31. The monoisotopic (exact) mass is 351 g/mol. The van der Waals surface area contributed by atoms with Crippen molar-refractivity contribution in [2.45, 2.75) is 19.4 Å². The summed E-state index contributed by atoms with van der Waals surface area (Å²) in [5.41, 5.74) is 0.591. The van der Waals surface area contributed by atoms with Crippen molar-refractivity contribution in [1.29, 1.82) is 0 Å². The molecule has 0 radical (unpaired) electrons. The van der Waals surface area contributed by atoms with Crippen LogP contribution in [0, 0.1) is 17.8 Å². The molecule has 0 spiro atoms. The molecule has 1 saturated carbocycles. The van der Waals surface area contributed by atoms with Gasteiger partial charge in [0.15, 0.2) is 5.76 Å². The summed E-state index contributed by atoms with van der Waals surface area (Å²) in [6.45, 7) is 0.884. The van der Waals surface area contributed by atoms with Crippen molar-refractivity contribution in [2.75, 3.05) is 6.54 Å². The summed E-state index contributed by atoms with van der Waals surface area (Å²) in [7, 11) is 0. The van der Waals surface area contributed by atoms with Gasteiger partial charge < -0.3 is 14.5 Å². The molecule has 0 aliphatic heterocycles. The molecule has 0 unspecified atom stereocenters. The number of carbonyl (C=O) groups excluding carboxylic acids is 1. The zero-order chi connectivity index (χ0) is 17.9. The third-order valence-electron chi connectivity index (χ3n) is 5.20. The minimum absolute atomic E-state index is 0.0146. The maximum Gasteiger partial charge on any atom is 0.287 e. The van der Waals surface area contributed by atoms with E-state index >= 15 is 0 Å². The number of hydrogen-bond acceptors (Lipinski definition) is 4. The first-order chi connectivity index (χ1) is 12.7. The molecular weight excluding hydrogens is 330 g/mol. The first-order valence-electron chi connectivity index (χ1n) is 8.95. The number of benzene rings is 1. The maximum absolute atomic E-state index is 12.2. The minimum atomic E-state index is -0.361. The maximum atomic E-state index is 12.2. The van der Waals surface area contributed by atoms with Gasteiger partial charge in [-0.2, -0.15) is 0 Å². The van der Waals surface area contributed by atoms with Crippen LogP contribution in [0.2, 0.25) is 0 Å². The zero-order valence-electron chi connectivity index (χ0n) is 14.4. The molecule has 26 heavy (non-hydrogen) atoms. The van der Waals surface area contributed by atoms with Crippen molar-refractivity contribution in [3.63, 3.8) is 0 Å². The molecule has 1 aromatic heterocycles. The van der Waals surface area contributed by atoms with Gasteiger partial charge in [0.1, 0.15) is 12.9 Å². The summed E-state index contributed by atoms with van der Waals surface area (Å²) < 4.78 is 10.8. The molecule has 2 bridgehead atoms. The SMILES string of the molecule is O=C(NC[C@@H]1C[C@H]2C=C[C@@H]1C2)c1cc(=O)c(OCc2ccccc2)co1. The summed E-state index contributed by atoms with van der Waals surface area (Å²) in [5, 5.41) is 2.88. The highest BCUT2D eigenvalue weighted by Crippen LogP contribution is 2.42. The third-order valence-corrected chi connectivity index (χ3v) is 5.20. The number of allylic oxidation sites excluding steroid dienone is 2. The van der Waals surface area contributed by atoms with Crippen molar-refractivity contribution in [2.24, 2.45) is 17.8 Å². The van der Waals surface area contributed by atoms with Gasteiger partial charge in [-0.05, 0) is 36.2 Å². The molecule has 2 aliphatic rings. The molecule has 1 amide bonds.